The first-order valence-corrected chi connectivity index (χ1v) is 9.20. The Hall–Kier alpha value is -3.01. The second kappa shape index (κ2) is 11.2. The van der Waals surface area contributed by atoms with E-state index in [2.05, 4.69) is 15.6 Å². The number of amides is 1. The third-order valence-electron chi connectivity index (χ3n) is 4.20. The molecule has 0 aliphatic carbocycles. The van der Waals surface area contributed by atoms with E-state index in [9.17, 15) is 4.79 Å². The van der Waals surface area contributed by atoms with E-state index in [0.29, 0.717) is 24.8 Å². The molecule has 0 saturated carbocycles. The van der Waals surface area contributed by atoms with E-state index >= 15 is 0 Å². The van der Waals surface area contributed by atoms with E-state index in [1.54, 1.807) is 19.2 Å². The summed E-state index contributed by atoms with van der Waals surface area (Å²) in [5.74, 6) is 2.29. The number of para-hydroxylation sites is 1. The Balaban J connectivity index is 0.00000320. The monoisotopic (exact) mass is 520 g/mol. The van der Waals surface area contributed by atoms with Crippen molar-refractivity contribution in [2.75, 3.05) is 7.05 Å². The van der Waals surface area contributed by atoms with Gasteiger partial charge in [0.25, 0.3) is 5.91 Å². The van der Waals surface area contributed by atoms with Crippen molar-refractivity contribution in [1.82, 2.24) is 10.6 Å². The SMILES string of the molecule is CN=C(NCc1ccc(C(N)=O)o1)NCc1ccc(C)cc1Oc1ccccc1.I. The van der Waals surface area contributed by atoms with Crippen LogP contribution in [-0.2, 0) is 13.1 Å². The molecule has 0 atom stereocenters. The molecule has 3 aromatic rings. The second-order valence-electron chi connectivity index (χ2n) is 6.44. The number of carbonyl (C=O) groups excluding carboxylic acids is 1. The largest absolute Gasteiger partial charge is 0.457 e. The molecule has 0 fully saturated rings. The second-order valence-corrected chi connectivity index (χ2v) is 6.44. The summed E-state index contributed by atoms with van der Waals surface area (Å²) in [5.41, 5.74) is 7.31. The number of aliphatic imine (C=N–C) groups is 1. The summed E-state index contributed by atoms with van der Waals surface area (Å²) in [7, 11) is 1.68. The molecule has 0 aliphatic rings. The number of nitrogens with one attached hydrogen (secondary N) is 2. The fourth-order valence-electron chi connectivity index (χ4n) is 2.69. The van der Waals surface area contributed by atoms with Gasteiger partial charge in [-0.15, -0.1) is 24.0 Å². The molecule has 0 radical (unpaired) electrons. The van der Waals surface area contributed by atoms with Crippen molar-refractivity contribution in [3.05, 3.63) is 83.3 Å². The van der Waals surface area contributed by atoms with Crippen LogP contribution in [-0.4, -0.2) is 18.9 Å². The number of carbonyl (C=O) groups is 1. The van der Waals surface area contributed by atoms with Crippen molar-refractivity contribution < 1.29 is 13.9 Å². The number of rotatable bonds is 7. The van der Waals surface area contributed by atoms with Crippen molar-refractivity contribution in [1.29, 1.82) is 0 Å². The summed E-state index contributed by atoms with van der Waals surface area (Å²) in [5, 5.41) is 6.40. The van der Waals surface area contributed by atoms with Gasteiger partial charge in [0.1, 0.15) is 17.3 Å². The number of nitrogens with two attached hydrogens (primary N) is 1. The van der Waals surface area contributed by atoms with Gasteiger partial charge >= 0.3 is 0 Å². The van der Waals surface area contributed by atoms with Crippen molar-refractivity contribution in [2.24, 2.45) is 10.7 Å². The van der Waals surface area contributed by atoms with Gasteiger partial charge < -0.3 is 25.5 Å². The maximum Gasteiger partial charge on any atom is 0.284 e. The molecule has 0 saturated heterocycles. The molecule has 2 aromatic carbocycles. The number of furan rings is 1. The topological polar surface area (TPSA) is 102 Å². The summed E-state index contributed by atoms with van der Waals surface area (Å²) in [6.07, 6.45) is 0. The molecule has 4 N–H and O–H groups in total. The first-order valence-electron chi connectivity index (χ1n) is 9.20. The van der Waals surface area contributed by atoms with Crippen LogP contribution >= 0.6 is 24.0 Å². The van der Waals surface area contributed by atoms with Crippen LogP contribution in [0.25, 0.3) is 0 Å². The molecule has 8 heteroatoms. The number of primary amides is 1. The lowest BCUT2D eigenvalue weighted by molar-refractivity contribution is 0.0972. The number of halogens is 1. The maximum atomic E-state index is 11.1. The van der Waals surface area contributed by atoms with Crippen LogP contribution in [0.5, 0.6) is 11.5 Å². The normalized spacial score (nSPS) is 10.8. The van der Waals surface area contributed by atoms with Crippen molar-refractivity contribution in [3.8, 4) is 11.5 Å². The Bertz CT molecular complexity index is 1000. The highest BCUT2D eigenvalue weighted by Gasteiger charge is 2.09. The summed E-state index contributed by atoms with van der Waals surface area (Å²) in [6.45, 7) is 2.92. The highest BCUT2D eigenvalue weighted by molar-refractivity contribution is 14.0. The number of hydrogen-bond acceptors (Lipinski definition) is 4. The average Bonchev–Trinajstić information content (AvgIpc) is 3.20. The van der Waals surface area contributed by atoms with Crippen LogP contribution in [0.2, 0.25) is 0 Å². The number of hydrogen-bond donors (Lipinski definition) is 3. The molecular formula is C22H25IN4O3. The number of benzene rings is 2. The molecular weight excluding hydrogens is 495 g/mol. The molecule has 30 heavy (non-hydrogen) atoms. The maximum absolute atomic E-state index is 11.1. The van der Waals surface area contributed by atoms with Gasteiger partial charge in [0.2, 0.25) is 0 Å². The fraction of sp³-hybridized carbons (Fsp3) is 0.182. The molecule has 1 heterocycles. The highest BCUT2D eigenvalue weighted by atomic mass is 127. The molecule has 3 rings (SSSR count). The van der Waals surface area contributed by atoms with Gasteiger partial charge in [-0.1, -0.05) is 30.3 Å². The summed E-state index contributed by atoms with van der Waals surface area (Å²) in [6, 6.07) is 19.0. The fourth-order valence-corrected chi connectivity index (χ4v) is 2.69. The van der Waals surface area contributed by atoms with E-state index < -0.39 is 5.91 Å². The molecule has 0 spiro atoms. The zero-order valence-corrected chi connectivity index (χ0v) is 19.2. The number of guanidine groups is 1. The Morgan fingerprint density at radius 1 is 1.07 bits per heavy atom. The van der Waals surface area contributed by atoms with Crippen LogP contribution in [0.15, 0.2) is 70.1 Å². The molecule has 7 nitrogen and oxygen atoms in total. The molecule has 158 valence electrons. The van der Waals surface area contributed by atoms with Crippen molar-refractivity contribution >= 4 is 35.8 Å². The minimum Gasteiger partial charge on any atom is -0.457 e. The van der Waals surface area contributed by atoms with Gasteiger partial charge in [0.05, 0.1) is 6.54 Å². The van der Waals surface area contributed by atoms with Crippen LogP contribution in [0.1, 0.15) is 27.4 Å². The number of aryl methyl sites for hydroxylation is 1. The Kier molecular flexibility index (Phi) is 8.72. The third-order valence-corrected chi connectivity index (χ3v) is 4.20. The zero-order valence-electron chi connectivity index (χ0n) is 16.8. The minimum atomic E-state index is -0.593. The smallest absolute Gasteiger partial charge is 0.284 e. The van der Waals surface area contributed by atoms with E-state index in [1.165, 1.54) is 0 Å². The minimum absolute atomic E-state index is 0. The average molecular weight is 520 g/mol. The number of nitrogens with zero attached hydrogens (tertiary/aromatic N) is 1. The summed E-state index contributed by atoms with van der Waals surface area (Å²) < 4.78 is 11.4. The Morgan fingerprint density at radius 2 is 1.80 bits per heavy atom. The van der Waals surface area contributed by atoms with E-state index in [-0.39, 0.29) is 29.7 Å². The third kappa shape index (κ3) is 6.51. The summed E-state index contributed by atoms with van der Waals surface area (Å²) in [4.78, 5) is 15.3. The first kappa shape index (κ1) is 23.3. The predicted molar refractivity (Wildman–Crippen MR) is 127 cm³/mol. The number of ether oxygens (including phenoxy) is 1. The lowest BCUT2D eigenvalue weighted by Crippen LogP contribution is -2.36. The Morgan fingerprint density at radius 3 is 2.47 bits per heavy atom. The van der Waals surface area contributed by atoms with Gasteiger partial charge in [-0.2, -0.15) is 0 Å². The zero-order chi connectivity index (χ0) is 20.6. The Labute approximate surface area is 192 Å². The van der Waals surface area contributed by atoms with Crippen LogP contribution in [0.4, 0.5) is 0 Å². The molecule has 0 unspecified atom stereocenters. The standard InChI is InChI=1S/C22H24N4O3.HI/c1-15-8-9-16(20(12-15)28-17-6-4-3-5-7-17)13-25-22(24-2)26-14-18-10-11-19(29-18)21(23)27;/h3-12H,13-14H2,1-2H3,(H2,23,27)(H2,24,25,26);1H. The van der Waals surface area contributed by atoms with Crippen LogP contribution < -0.4 is 21.1 Å². The predicted octanol–water partition coefficient (Wildman–Crippen LogP) is 3.96. The van der Waals surface area contributed by atoms with Gasteiger partial charge in [0, 0.05) is 19.2 Å². The van der Waals surface area contributed by atoms with Crippen molar-refractivity contribution in [3.63, 3.8) is 0 Å². The van der Waals surface area contributed by atoms with Crippen LogP contribution in [0.3, 0.4) is 0 Å². The lowest BCUT2D eigenvalue weighted by Gasteiger charge is -2.15. The van der Waals surface area contributed by atoms with Crippen LogP contribution in [0, 0.1) is 6.92 Å². The quantitative estimate of drug-likeness (QED) is 0.249. The molecule has 0 aliphatic heterocycles. The van der Waals surface area contributed by atoms with Gasteiger partial charge in [0.15, 0.2) is 11.7 Å². The molecule has 1 aromatic heterocycles. The molecule has 1 amide bonds. The van der Waals surface area contributed by atoms with Gasteiger partial charge in [-0.05, 0) is 42.8 Å². The first-order chi connectivity index (χ1) is 14.0. The molecule has 0 bridgehead atoms. The van der Waals surface area contributed by atoms with Gasteiger partial charge in [-0.25, -0.2) is 0 Å². The lowest BCUT2D eigenvalue weighted by atomic mass is 10.1. The van der Waals surface area contributed by atoms with E-state index in [0.717, 1.165) is 22.6 Å². The van der Waals surface area contributed by atoms with Crippen molar-refractivity contribution in [2.45, 2.75) is 20.0 Å². The van der Waals surface area contributed by atoms with Gasteiger partial charge in [-0.3, -0.25) is 9.79 Å². The van der Waals surface area contributed by atoms with E-state index in [4.69, 9.17) is 14.9 Å². The summed E-state index contributed by atoms with van der Waals surface area (Å²) >= 11 is 0. The van der Waals surface area contributed by atoms with E-state index in [1.807, 2.05) is 55.5 Å². The highest BCUT2D eigenvalue weighted by Crippen LogP contribution is 2.26.